The predicted octanol–water partition coefficient (Wildman–Crippen LogP) is 0.589. The highest BCUT2D eigenvalue weighted by atomic mass is 35.5. The summed E-state index contributed by atoms with van der Waals surface area (Å²) in [7, 11) is 0. The Morgan fingerprint density at radius 1 is 1.47 bits per heavy atom. The first kappa shape index (κ1) is 15.3. The molecule has 1 atom stereocenters. The van der Waals surface area contributed by atoms with Gasteiger partial charge in [0.1, 0.15) is 5.75 Å². The van der Waals surface area contributed by atoms with Crippen molar-refractivity contribution in [3.63, 3.8) is 0 Å². The van der Waals surface area contributed by atoms with Gasteiger partial charge in [-0.3, -0.25) is 4.79 Å². The first-order valence-corrected chi connectivity index (χ1v) is 5.84. The maximum atomic E-state index is 11.4. The van der Waals surface area contributed by atoms with E-state index in [4.69, 9.17) is 26.6 Å². The van der Waals surface area contributed by atoms with E-state index in [0.717, 1.165) is 5.56 Å². The van der Waals surface area contributed by atoms with E-state index in [1.807, 2.05) is 6.92 Å². The first-order chi connectivity index (χ1) is 8.90. The molecule has 0 saturated carbocycles. The topological polar surface area (TPSA) is 95.9 Å². The SMILES string of the molecule is Cc1ccc(Cl)c(OCC(=O)NC[C@H](O)C(=O)O)c1. The van der Waals surface area contributed by atoms with Crippen molar-refractivity contribution in [2.45, 2.75) is 13.0 Å². The summed E-state index contributed by atoms with van der Waals surface area (Å²) in [6.45, 7) is 1.17. The average Bonchev–Trinajstić information content (AvgIpc) is 2.36. The van der Waals surface area contributed by atoms with E-state index in [1.165, 1.54) is 0 Å². The van der Waals surface area contributed by atoms with Gasteiger partial charge in [-0.25, -0.2) is 4.79 Å². The van der Waals surface area contributed by atoms with Crippen LogP contribution in [0.5, 0.6) is 5.75 Å². The molecule has 3 N–H and O–H groups in total. The number of ether oxygens (including phenoxy) is 1. The molecule has 0 fully saturated rings. The highest BCUT2D eigenvalue weighted by molar-refractivity contribution is 6.32. The molecule has 7 heteroatoms. The quantitative estimate of drug-likeness (QED) is 0.712. The van der Waals surface area contributed by atoms with Gasteiger partial charge in [0, 0.05) is 0 Å². The van der Waals surface area contributed by atoms with Gasteiger partial charge >= 0.3 is 5.97 Å². The van der Waals surface area contributed by atoms with E-state index >= 15 is 0 Å². The Kier molecular flexibility index (Phi) is 5.59. The molecular formula is C12H14ClNO5. The maximum Gasteiger partial charge on any atom is 0.334 e. The third-order valence-electron chi connectivity index (χ3n) is 2.22. The molecular weight excluding hydrogens is 274 g/mol. The number of aliphatic carboxylic acids is 1. The van der Waals surface area contributed by atoms with Gasteiger partial charge in [-0.1, -0.05) is 17.7 Å². The molecule has 0 aliphatic carbocycles. The van der Waals surface area contributed by atoms with Crippen molar-refractivity contribution in [3.8, 4) is 5.75 Å². The number of rotatable bonds is 6. The van der Waals surface area contributed by atoms with Gasteiger partial charge in [0.2, 0.25) is 0 Å². The molecule has 1 amide bonds. The molecule has 0 unspecified atom stereocenters. The standard InChI is InChI=1S/C12H14ClNO5/c1-7-2-3-8(13)10(4-7)19-6-11(16)14-5-9(15)12(17)18/h2-4,9,15H,5-6H2,1H3,(H,14,16)(H,17,18)/t9-/m0/s1. The zero-order chi connectivity index (χ0) is 14.4. The number of carboxylic acids is 1. The Hall–Kier alpha value is -1.79. The smallest absolute Gasteiger partial charge is 0.334 e. The van der Waals surface area contributed by atoms with Crippen molar-refractivity contribution in [3.05, 3.63) is 28.8 Å². The Balaban J connectivity index is 2.42. The molecule has 104 valence electrons. The molecule has 0 aliphatic heterocycles. The minimum absolute atomic E-state index is 0.310. The van der Waals surface area contributed by atoms with Crippen LogP contribution in [-0.4, -0.2) is 41.3 Å². The predicted molar refractivity (Wildman–Crippen MR) is 68.3 cm³/mol. The molecule has 1 aromatic rings. The lowest BCUT2D eigenvalue weighted by atomic mass is 10.2. The Bertz CT molecular complexity index is 477. The van der Waals surface area contributed by atoms with E-state index in [2.05, 4.69) is 5.32 Å². The monoisotopic (exact) mass is 287 g/mol. The second-order valence-corrected chi connectivity index (χ2v) is 4.29. The average molecular weight is 288 g/mol. The van der Waals surface area contributed by atoms with E-state index in [9.17, 15) is 9.59 Å². The van der Waals surface area contributed by atoms with Gasteiger partial charge in [0.25, 0.3) is 5.91 Å². The number of aryl methyl sites for hydroxylation is 1. The molecule has 0 aliphatic rings. The van der Waals surface area contributed by atoms with Crippen molar-refractivity contribution in [1.82, 2.24) is 5.32 Å². The second-order valence-electron chi connectivity index (χ2n) is 3.88. The number of hydrogen-bond acceptors (Lipinski definition) is 4. The van der Waals surface area contributed by atoms with Gasteiger partial charge in [0.15, 0.2) is 12.7 Å². The number of carbonyl (C=O) groups is 2. The van der Waals surface area contributed by atoms with Crippen molar-refractivity contribution in [2.24, 2.45) is 0 Å². The van der Waals surface area contributed by atoms with E-state index in [1.54, 1.807) is 18.2 Å². The van der Waals surface area contributed by atoms with Crippen molar-refractivity contribution < 1.29 is 24.5 Å². The van der Waals surface area contributed by atoms with Crippen LogP contribution >= 0.6 is 11.6 Å². The number of amides is 1. The Morgan fingerprint density at radius 2 is 2.16 bits per heavy atom. The van der Waals surface area contributed by atoms with Crippen LogP contribution in [0.15, 0.2) is 18.2 Å². The van der Waals surface area contributed by atoms with Crippen molar-refractivity contribution >= 4 is 23.5 Å². The fourth-order valence-corrected chi connectivity index (χ4v) is 1.39. The molecule has 6 nitrogen and oxygen atoms in total. The second kappa shape index (κ2) is 6.96. The lowest BCUT2D eigenvalue weighted by molar-refractivity contribution is -0.146. The van der Waals surface area contributed by atoms with Crippen LogP contribution in [0.1, 0.15) is 5.56 Å². The van der Waals surface area contributed by atoms with E-state index < -0.39 is 18.0 Å². The number of carboxylic acid groups (broad SMARTS) is 1. The molecule has 1 aromatic carbocycles. The molecule has 0 spiro atoms. The zero-order valence-electron chi connectivity index (χ0n) is 10.2. The number of hydrogen-bond donors (Lipinski definition) is 3. The summed E-state index contributed by atoms with van der Waals surface area (Å²) in [5.41, 5.74) is 0.932. The molecule has 0 aromatic heterocycles. The summed E-state index contributed by atoms with van der Waals surface area (Å²) in [6, 6.07) is 5.14. The number of benzene rings is 1. The summed E-state index contributed by atoms with van der Waals surface area (Å²) in [5, 5.41) is 20.0. The number of carbonyl (C=O) groups excluding carboxylic acids is 1. The summed E-state index contributed by atoms with van der Waals surface area (Å²) in [4.78, 5) is 21.7. The van der Waals surface area contributed by atoms with Crippen molar-refractivity contribution in [2.75, 3.05) is 13.2 Å². The molecule has 0 saturated heterocycles. The fraction of sp³-hybridized carbons (Fsp3) is 0.333. The van der Waals surface area contributed by atoms with Gasteiger partial charge < -0.3 is 20.3 Å². The van der Waals surface area contributed by atoms with Gasteiger partial charge in [-0.2, -0.15) is 0 Å². The highest BCUT2D eigenvalue weighted by Gasteiger charge is 2.14. The summed E-state index contributed by atoms with van der Waals surface area (Å²) >= 11 is 5.87. The van der Waals surface area contributed by atoms with Gasteiger partial charge in [-0.15, -0.1) is 0 Å². The Labute approximate surface area is 114 Å². The summed E-state index contributed by atoms with van der Waals surface area (Å²) in [6.07, 6.45) is -1.63. The van der Waals surface area contributed by atoms with Gasteiger partial charge in [0.05, 0.1) is 11.6 Å². The fourth-order valence-electron chi connectivity index (χ4n) is 1.21. The van der Waals surface area contributed by atoms with Crippen molar-refractivity contribution in [1.29, 1.82) is 0 Å². The van der Waals surface area contributed by atoms with Crippen LogP contribution in [0.2, 0.25) is 5.02 Å². The lowest BCUT2D eigenvalue weighted by Gasteiger charge is -2.10. The summed E-state index contributed by atoms with van der Waals surface area (Å²) in [5.74, 6) is -1.57. The van der Waals surface area contributed by atoms with Crippen LogP contribution in [0.4, 0.5) is 0 Å². The molecule has 0 heterocycles. The molecule has 0 bridgehead atoms. The minimum Gasteiger partial charge on any atom is -0.482 e. The molecule has 0 radical (unpaired) electrons. The number of halogens is 1. The highest BCUT2D eigenvalue weighted by Crippen LogP contribution is 2.24. The number of aliphatic hydroxyl groups excluding tert-OH is 1. The van der Waals surface area contributed by atoms with Crippen LogP contribution in [0, 0.1) is 6.92 Å². The van der Waals surface area contributed by atoms with Crippen LogP contribution < -0.4 is 10.1 Å². The van der Waals surface area contributed by atoms with Gasteiger partial charge in [-0.05, 0) is 24.6 Å². The maximum absolute atomic E-state index is 11.4. The van der Waals surface area contributed by atoms with Crippen LogP contribution in [0.3, 0.4) is 0 Å². The molecule has 1 rings (SSSR count). The zero-order valence-corrected chi connectivity index (χ0v) is 11.0. The number of nitrogens with one attached hydrogen (secondary N) is 1. The van der Waals surface area contributed by atoms with E-state index in [-0.39, 0.29) is 13.2 Å². The molecule has 19 heavy (non-hydrogen) atoms. The lowest BCUT2D eigenvalue weighted by Crippen LogP contribution is -2.38. The van der Waals surface area contributed by atoms with E-state index in [0.29, 0.717) is 10.8 Å². The van der Waals surface area contributed by atoms with Crippen LogP contribution in [-0.2, 0) is 9.59 Å². The largest absolute Gasteiger partial charge is 0.482 e. The Morgan fingerprint density at radius 3 is 2.79 bits per heavy atom. The third-order valence-corrected chi connectivity index (χ3v) is 2.54. The number of aliphatic hydroxyl groups is 1. The summed E-state index contributed by atoms with van der Waals surface area (Å²) < 4.78 is 5.20. The minimum atomic E-state index is -1.63. The third kappa shape index (κ3) is 5.15. The van der Waals surface area contributed by atoms with Crippen LogP contribution in [0.25, 0.3) is 0 Å². The normalized spacial score (nSPS) is 11.7. The first-order valence-electron chi connectivity index (χ1n) is 5.46.